The van der Waals surface area contributed by atoms with E-state index in [1.807, 2.05) is 12.1 Å². The van der Waals surface area contributed by atoms with E-state index in [1.54, 1.807) is 6.07 Å². The van der Waals surface area contributed by atoms with Crippen LogP contribution in [0.1, 0.15) is 12.5 Å². The molecule has 0 bridgehead atoms. The third kappa shape index (κ3) is 2.77. The fourth-order valence-corrected chi connectivity index (χ4v) is 2.61. The molecule has 1 aromatic rings. The van der Waals surface area contributed by atoms with Gasteiger partial charge in [-0.15, -0.1) is 0 Å². The van der Waals surface area contributed by atoms with Crippen LogP contribution in [-0.2, 0) is 0 Å². The fourth-order valence-electron chi connectivity index (χ4n) is 2.35. The topological polar surface area (TPSA) is 65.1 Å². The van der Waals surface area contributed by atoms with Crippen LogP contribution >= 0.6 is 11.6 Å². The summed E-state index contributed by atoms with van der Waals surface area (Å²) in [5, 5.41) is 12.5. The molecule has 2 rings (SSSR count). The van der Waals surface area contributed by atoms with Gasteiger partial charge in [0.25, 0.3) is 0 Å². The lowest BCUT2D eigenvalue weighted by Gasteiger charge is -2.39. The third-order valence-corrected chi connectivity index (χ3v) is 3.97. The van der Waals surface area contributed by atoms with Gasteiger partial charge in [0.1, 0.15) is 0 Å². The molecule has 0 aromatic heterocycles. The maximum absolute atomic E-state index is 8.91. The maximum Gasteiger partial charge on any atom is 0.173 e. The van der Waals surface area contributed by atoms with Gasteiger partial charge in [0.2, 0.25) is 0 Å². The molecule has 1 fully saturated rings. The highest BCUT2D eigenvalue weighted by Gasteiger charge is 2.24. The molecule has 1 atom stereocenters. The number of nitrogens with zero attached hydrogens (tertiary/aromatic N) is 3. The van der Waals surface area contributed by atoms with Gasteiger partial charge >= 0.3 is 0 Å². The van der Waals surface area contributed by atoms with Crippen molar-refractivity contribution in [3.63, 3.8) is 0 Å². The molecule has 0 amide bonds. The van der Waals surface area contributed by atoms with Gasteiger partial charge in [0, 0.05) is 31.4 Å². The molecule has 1 saturated heterocycles. The number of hydrogen-bond donors (Lipinski definition) is 2. The van der Waals surface area contributed by atoms with Crippen LogP contribution in [0.5, 0.6) is 0 Å². The van der Waals surface area contributed by atoms with Gasteiger partial charge in [-0.3, -0.25) is 0 Å². The molecular weight excluding hydrogens is 264 g/mol. The monoisotopic (exact) mass is 282 g/mol. The van der Waals surface area contributed by atoms with Crippen LogP contribution in [-0.4, -0.2) is 48.7 Å². The van der Waals surface area contributed by atoms with Gasteiger partial charge in [-0.05, 0) is 26.1 Å². The number of benzene rings is 1. The van der Waals surface area contributed by atoms with Gasteiger partial charge in [0.05, 0.1) is 10.6 Å². The molecule has 0 spiro atoms. The number of rotatable bonds is 2. The minimum absolute atomic E-state index is 0.0483. The van der Waals surface area contributed by atoms with Crippen molar-refractivity contribution >= 4 is 23.1 Å². The predicted octanol–water partition coefficient (Wildman–Crippen LogP) is 1.57. The van der Waals surface area contributed by atoms with Crippen LogP contribution in [0.25, 0.3) is 0 Å². The Labute approximate surface area is 118 Å². The second-order valence-electron chi connectivity index (χ2n) is 4.89. The average molecular weight is 283 g/mol. The van der Waals surface area contributed by atoms with Crippen molar-refractivity contribution in [1.82, 2.24) is 4.90 Å². The normalized spacial score (nSPS) is 21.7. The summed E-state index contributed by atoms with van der Waals surface area (Å²) in [5.41, 5.74) is 7.26. The first-order chi connectivity index (χ1) is 9.04. The van der Waals surface area contributed by atoms with Crippen LogP contribution in [0.4, 0.5) is 5.69 Å². The smallest absolute Gasteiger partial charge is 0.173 e. The second kappa shape index (κ2) is 5.67. The molecule has 1 aromatic carbocycles. The van der Waals surface area contributed by atoms with E-state index in [2.05, 4.69) is 28.9 Å². The van der Waals surface area contributed by atoms with E-state index in [0.29, 0.717) is 16.6 Å². The summed E-state index contributed by atoms with van der Waals surface area (Å²) in [7, 11) is 2.12. The first kappa shape index (κ1) is 14.0. The molecule has 0 saturated carbocycles. The average Bonchev–Trinajstić information content (AvgIpc) is 2.41. The van der Waals surface area contributed by atoms with Crippen LogP contribution in [0.15, 0.2) is 23.4 Å². The zero-order chi connectivity index (χ0) is 14.0. The highest BCUT2D eigenvalue weighted by Crippen LogP contribution is 2.28. The van der Waals surface area contributed by atoms with Crippen molar-refractivity contribution in [2.75, 3.05) is 31.6 Å². The minimum Gasteiger partial charge on any atom is -0.409 e. The van der Waals surface area contributed by atoms with Crippen molar-refractivity contribution in [2.45, 2.75) is 13.0 Å². The second-order valence-corrected chi connectivity index (χ2v) is 5.30. The summed E-state index contributed by atoms with van der Waals surface area (Å²) >= 11 is 6.18. The molecule has 0 aliphatic carbocycles. The molecule has 3 N–H and O–H groups in total. The molecule has 104 valence electrons. The summed E-state index contributed by atoms with van der Waals surface area (Å²) in [5.74, 6) is 0.0483. The standard InChI is InChI=1S/C13H19ClN4O/c1-9-8-18(7-6-17(9)2)11-5-3-4-10(14)12(11)13(15)16-19/h3-5,9,19H,6-8H2,1-2H3,(H2,15,16). The van der Waals surface area contributed by atoms with E-state index in [0.717, 1.165) is 25.3 Å². The molecule has 0 radical (unpaired) electrons. The molecule has 1 heterocycles. The lowest BCUT2D eigenvalue weighted by atomic mass is 10.1. The summed E-state index contributed by atoms with van der Waals surface area (Å²) in [6.45, 7) is 4.94. The molecular formula is C13H19ClN4O. The molecule has 6 heteroatoms. The molecule has 1 aliphatic rings. The summed E-state index contributed by atoms with van der Waals surface area (Å²) < 4.78 is 0. The van der Waals surface area contributed by atoms with E-state index in [9.17, 15) is 0 Å². The van der Waals surface area contributed by atoms with Gasteiger partial charge in [-0.2, -0.15) is 0 Å². The van der Waals surface area contributed by atoms with Crippen molar-refractivity contribution in [3.05, 3.63) is 28.8 Å². The maximum atomic E-state index is 8.91. The van der Waals surface area contributed by atoms with Crippen molar-refractivity contribution in [1.29, 1.82) is 0 Å². The Bertz CT molecular complexity index is 492. The number of oxime groups is 1. The van der Waals surface area contributed by atoms with E-state index >= 15 is 0 Å². The van der Waals surface area contributed by atoms with Crippen LogP contribution < -0.4 is 10.6 Å². The Morgan fingerprint density at radius 1 is 1.47 bits per heavy atom. The molecule has 19 heavy (non-hydrogen) atoms. The summed E-state index contributed by atoms with van der Waals surface area (Å²) in [6, 6.07) is 6.04. The van der Waals surface area contributed by atoms with Crippen molar-refractivity contribution < 1.29 is 5.21 Å². The number of nitrogens with two attached hydrogens (primary N) is 1. The Morgan fingerprint density at radius 2 is 2.21 bits per heavy atom. The molecule has 5 nitrogen and oxygen atoms in total. The number of hydrogen-bond acceptors (Lipinski definition) is 4. The zero-order valence-corrected chi connectivity index (χ0v) is 11.9. The third-order valence-electron chi connectivity index (χ3n) is 3.66. The SMILES string of the molecule is CC1CN(c2cccc(Cl)c2C(N)=NO)CCN1C. The van der Waals surface area contributed by atoms with E-state index in [-0.39, 0.29) is 5.84 Å². The van der Waals surface area contributed by atoms with Crippen LogP contribution in [0.2, 0.25) is 5.02 Å². The highest BCUT2D eigenvalue weighted by atomic mass is 35.5. The zero-order valence-electron chi connectivity index (χ0n) is 11.2. The molecule has 1 unspecified atom stereocenters. The highest BCUT2D eigenvalue weighted by molar-refractivity contribution is 6.34. The van der Waals surface area contributed by atoms with Gasteiger partial charge < -0.3 is 20.7 Å². The van der Waals surface area contributed by atoms with E-state index in [4.69, 9.17) is 22.5 Å². The Morgan fingerprint density at radius 3 is 2.84 bits per heavy atom. The summed E-state index contributed by atoms with van der Waals surface area (Å²) in [4.78, 5) is 4.54. The predicted molar refractivity (Wildman–Crippen MR) is 78.3 cm³/mol. The quantitative estimate of drug-likeness (QED) is 0.374. The number of halogens is 1. The van der Waals surface area contributed by atoms with E-state index < -0.39 is 0 Å². The Balaban J connectivity index is 2.37. The van der Waals surface area contributed by atoms with Crippen molar-refractivity contribution in [2.24, 2.45) is 10.9 Å². The lowest BCUT2D eigenvalue weighted by molar-refractivity contribution is 0.234. The van der Waals surface area contributed by atoms with E-state index in [1.165, 1.54) is 0 Å². The Hall–Kier alpha value is -1.46. The van der Waals surface area contributed by atoms with Gasteiger partial charge in [0.15, 0.2) is 5.84 Å². The Kier molecular flexibility index (Phi) is 4.17. The van der Waals surface area contributed by atoms with Gasteiger partial charge in [-0.1, -0.05) is 22.8 Å². The van der Waals surface area contributed by atoms with Crippen LogP contribution in [0, 0.1) is 0 Å². The lowest BCUT2D eigenvalue weighted by Crippen LogP contribution is -2.50. The fraction of sp³-hybridized carbons (Fsp3) is 0.462. The molecule has 1 aliphatic heterocycles. The number of amidine groups is 1. The minimum atomic E-state index is 0.0483. The number of piperazine rings is 1. The van der Waals surface area contributed by atoms with Crippen LogP contribution in [0.3, 0.4) is 0 Å². The number of anilines is 1. The largest absolute Gasteiger partial charge is 0.409 e. The first-order valence-corrected chi connectivity index (χ1v) is 6.64. The first-order valence-electron chi connectivity index (χ1n) is 6.26. The van der Waals surface area contributed by atoms with Crippen molar-refractivity contribution in [3.8, 4) is 0 Å². The number of likely N-dealkylation sites (N-methyl/N-ethyl adjacent to an activating group) is 1. The van der Waals surface area contributed by atoms with Gasteiger partial charge in [-0.25, -0.2) is 0 Å². The summed E-state index contributed by atoms with van der Waals surface area (Å²) in [6.07, 6.45) is 0.